The first-order chi connectivity index (χ1) is 13.6. The fourth-order valence-corrected chi connectivity index (χ4v) is 4.35. The molecular formula is C24H27N3O. The van der Waals surface area contributed by atoms with Crippen molar-refractivity contribution < 1.29 is 4.79 Å². The molecule has 1 aliphatic carbocycles. The normalized spacial score (nSPS) is 17.0. The summed E-state index contributed by atoms with van der Waals surface area (Å²) in [5.41, 5.74) is 5.60. The smallest absolute Gasteiger partial charge is 0.254 e. The first kappa shape index (κ1) is 18.5. The average Bonchev–Trinajstić information content (AvgIpc) is 3.08. The lowest BCUT2D eigenvalue weighted by atomic mass is 9.79. The van der Waals surface area contributed by atoms with Gasteiger partial charge in [-0.2, -0.15) is 5.10 Å². The summed E-state index contributed by atoms with van der Waals surface area (Å²) in [6, 6.07) is 18.9. The van der Waals surface area contributed by atoms with Gasteiger partial charge in [0.25, 0.3) is 5.91 Å². The van der Waals surface area contributed by atoms with Crippen LogP contribution in [0, 0.1) is 0 Å². The van der Waals surface area contributed by atoms with Gasteiger partial charge in [-0.15, -0.1) is 0 Å². The number of carbonyl (C=O) groups is 1. The van der Waals surface area contributed by atoms with Crippen LogP contribution in [0.3, 0.4) is 0 Å². The highest BCUT2D eigenvalue weighted by Gasteiger charge is 2.27. The standard InChI is InChI=1S/C24H27N3O/c1-17(20-14-8-12-19-11-6-7-13-21(19)20)26-24(28)22-16-25-27(2)23(22)15-18-9-4-3-5-10-18/h3-7,9-11,13,16-17,20H,8,12,14-15H2,1-2H3,(H,26,28)/t17-,20?/m1/s1. The summed E-state index contributed by atoms with van der Waals surface area (Å²) in [5.74, 6) is 0.331. The lowest BCUT2D eigenvalue weighted by Crippen LogP contribution is -2.38. The van der Waals surface area contributed by atoms with Gasteiger partial charge in [-0.3, -0.25) is 9.48 Å². The quantitative estimate of drug-likeness (QED) is 0.727. The molecule has 0 fully saturated rings. The van der Waals surface area contributed by atoms with Gasteiger partial charge in [0.1, 0.15) is 0 Å². The summed E-state index contributed by atoms with van der Waals surface area (Å²) in [6.07, 6.45) is 5.81. The van der Waals surface area contributed by atoms with Gasteiger partial charge in [-0.05, 0) is 42.9 Å². The molecule has 1 unspecified atom stereocenters. The van der Waals surface area contributed by atoms with Crippen LogP contribution < -0.4 is 5.32 Å². The van der Waals surface area contributed by atoms with Crippen LogP contribution in [0.25, 0.3) is 0 Å². The zero-order chi connectivity index (χ0) is 19.5. The molecule has 1 aliphatic rings. The Labute approximate surface area is 166 Å². The molecular weight excluding hydrogens is 346 g/mol. The first-order valence-corrected chi connectivity index (χ1v) is 10.1. The summed E-state index contributed by atoms with van der Waals surface area (Å²) >= 11 is 0. The van der Waals surface area contributed by atoms with E-state index in [0.29, 0.717) is 17.9 Å². The largest absolute Gasteiger partial charge is 0.349 e. The van der Waals surface area contributed by atoms with Crippen molar-refractivity contribution in [3.63, 3.8) is 0 Å². The van der Waals surface area contributed by atoms with Crippen LogP contribution in [0.15, 0.2) is 60.8 Å². The third-order valence-corrected chi connectivity index (χ3v) is 5.90. The highest BCUT2D eigenvalue weighted by molar-refractivity contribution is 5.95. The molecule has 28 heavy (non-hydrogen) atoms. The molecule has 144 valence electrons. The number of nitrogens with one attached hydrogen (secondary N) is 1. The summed E-state index contributed by atoms with van der Waals surface area (Å²) in [6.45, 7) is 2.12. The number of amides is 1. The van der Waals surface area contributed by atoms with E-state index in [1.807, 2.05) is 29.9 Å². The highest BCUT2D eigenvalue weighted by Crippen LogP contribution is 2.34. The lowest BCUT2D eigenvalue weighted by molar-refractivity contribution is 0.0932. The predicted octanol–water partition coefficient (Wildman–Crippen LogP) is 4.25. The molecule has 1 aromatic heterocycles. The van der Waals surface area contributed by atoms with E-state index >= 15 is 0 Å². The molecule has 2 atom stereocenters. The molecule has 3 aromatic rings. The van der Waals surface area contributed by atoms with Gasteiger partial charge >= 0.3 is 0 Å². The van der Waals surface area contributed by atoms with Gasteiger partial charge in [-0.1, -0.05) is 54.6 Å². The average molecular weight is 374 g/mol. The number of nitrogens with zero attached hydrogens (tertiary/aromatic N) is 2. The second-order valence-corrected chi connectivity index (χ2v) is 7.75. The van der Waals surface area contributed by atoms with Crippen LogP contribution in [-0.2, 0) is 19.9 Å². The maximum atomic E-state index is 13.1. The summed E-state index contributed by atoms with van der Waals surface area (Å²) in [5, 5.41) is 7.60. The minimum Gasteiger partial charge on any atom is -0.349 e. The van der Waals surface area contributed by atoms with Gasteiger partial charge in [0.2, 0.25) is 0 Å². The molecule has 1 amide bonds. The Morgan fingerprint density at radius 3 is 2.75 bits per heavy atom. The van der Waals surface area contributed by atoms with Crippen molar-refractivity contribution in [1.29, 1.82) is 0 Å². The molecule has 0 radical (unpaired) electrons. The van der Waals surface area contributed by atoms with E-state index < -0.39 is 0 Å². The molecule has 2 aromatic carbocycles. The number of aryl methyl sites for hydroxylation is 2. The molecule has 1 heterocycles. The Kier molecular flexibility index (Phi) is 5.29. The third-order valence-electron chi connectivity index (χ3n) is 5.90. The number of fused-ring (bicyclic) bond motifs is 1. The lowest BCUT2D eigenvalue weighted by Gasteiger charge is -2.31. The Morgan fingerprint density at radius 1 is 1.18 bits per heavy atom. The van der Waals surface area contributed by atoms with E-state index in [-0.39, 0.29) is 11.9 Å². The van der Waals surface area contributed by atoms with Crippen LogP contribution in [0.5, 0.6) is 0 Å². The Balaban J connectivity index is 1.52. The van der Waals surface area contributed by atoms with Crippen molar-refractivity contribution in [2.24, 2.45) is 7.05 Å². The fraction of sp³-hybridized carbons (Fsp3) is 0.333. The van der Waals surface area contributed by atoms with Crippen LogP contribution >= 0.6 is 0 Å². The third kappa shape index (κ3) is 3.72. The first-order valence-electron chi connectivity index (χ1n) is 10.1. The van der Waals surface area contributed by atoms with E-state index in [2.05, 4.69) is 53.7 Å². The van der Waals surface area contributed by atoms with Gasteiger partial charge < -0.3 is 5.32 Å². The van der Waals surface area contributed by atoms with Crippen molar-refractivity contribution in [2.75, 3.05) is 0 Å². The van der Waals surface area contributed by atoms with Crippen molar-refractivity contribution in [2.45, 2.75) is 44.6 Å². The number of carbonyl (C=O) groups excluding carboxylic acids is 1. The molecule has 0 bridgehead atoms. The van der Waals surface area contributed by atoms with Crippen LogP contribution in [0.1, 0.15) is 58.4 Å². The van der Waals surface area contributed by atoms with Gasteiger partial charge in [0.15, 0.2) is 0 Å². The number of hydrogen-bond donors (Lipinski definition) is 1. The summed E-state index contributed by atoms with van der Waals surface area (Å²) < 4.78 is 1.81. The van der Waals surface area contributed by atoms with Crippen LogP contribution in [-0.4, -0.2) is 21.7 Å². The van der Waals surface area contributed by atoms with Crippen molar-refractivity contribution in [1.82, 2.24) is 15.1 Å². The second-order valence-electron chi connectivity index (χ2n) is 7.75. The van der Waals surface area contributed by atoms with Crippen molar-refractivity contribution in [3.05, 3.63) is 88.7 Å². The molecule has 4 rings (SSSR count). The topological polar surface area (TPSA) is 46.9 Å². The minimum atomic E-state index is -0.0328. The van der Waals surface area contributed by atoms with Crippen molar-refractivity contribution >= 4 is 5.91 Å². The molecule has 0 saturated heterocycles. The molecule has 4 heteroatoms. The number of hydrogen-bond acceptors (Lipinski definition) is 2. The van der Waals surface area contributed by atoms with E-state index in [4.69, 9.17) is 0 Å². The zero-order valence-electron chi connectivity index (χ0n) is 16.6. The number of benzene rings is 2. The van der Waals surface area contributed by atoms with Crippen LogP contribution in [0.4, 0.5) is 0 Å². The van der Waals surface area contributed by atoms with E-state index in [0.717, 1.165) is 18.5 Å². The fourth-order valence-electron chi connectivity index (χ4n) is 4.35. The molecule has 4 nitrogen and oxygen atoms in total. The monoisotopic (exact) mass is 373 g/mol. The Morgan fingerprint density at radius 2 is 1.93 bits per heavy atom. The Hall–Kier alpha value is -2.88. The van der Waals surface area contributed by atoms with Gasteiger partial charge in [0, 0.05) is 25.4 Å². The van der Waals surface area contributed by atoms with Gasteiger partial charge in [-0.25, -0.2) is 0 Å². The number of rotatable bonds is 5. The summed E-state index contributed by atoms with van der Waals surface area (Å²) in [4.78, 5) is 13.1. The molecule has 1 N–H and O–H groups in total. The van der Waals surface area contributed by atoms with Crippen LogP contribution in [0.2, 0.25) is 0 Å². The highest BCUT2D eigenvalue weighted by atomic mass is 16.1. The van der Waals surface area contributed by atoms with E-state index in [1.165, 1.54) is 23.1 Å². The van der Waals surface area contributed by atoms with E-state index in [1.54, 1.807) is 6.20 Å². The predicted molar refractivity (Wildman–Crippen MR) is 112 cm³/mol. The maximum Gasteiger partial charge on any atom is 0.254 e. The van der Waals surface area contributed by atoms with Crippen molar-refractivity contribution in [3.8, 4) is 0 Å². The Bertz CT molecular complexity index is 961. The SMILES string of the molecule is C[C@@H](NC(=O)c1cnn(C)c1Cc1ccccc1)C1CCCc2ccccc21. The number of aromatic nitrogens is 2. The van der Waals surface area contributed by atoms with E-state index in [9.17, 15) is 4.79 Å². The van der Waals surface area contributed by atoms with Gasteiger partial charge in [0.05, 0.1) is 17.5 Å². The maximum absolute atomic E-state index is 13.1. The molecule has 0 saturated carbocycles. The molecule has 0 spiro atoms. The minimum absolute atomic E-state index is 0.0328. The molecule has 0 aliphatic heterocycles. The zero-order valence-corrected chi connectivity index (χ0v) is 16.6. The summed E-state index contributed by atoms with van der Waals surface area (Å²) in [7, 11) is 1.90. The second kappa shape index (κ2) is 8.01.